The van der Waals surface area contributed by atoms with Gasteiger partial charge in [-0.3, -0.25) is 24.6 Å². The number of nitro groups is 1. The van der Waals surface area contributed by atoms with Crippen molar-refractivity contribution in [2.24, 2.45) is 0 Å². The van der Waals surface area contributed by atoms with Crippen LogP contribution < -0.4 is 10.2 Å². The van der Waals surface area contributed by atoms with Crippen molar-refractivity contribution < 1.29 is 32.1 Å². The van der Waals surface area contributed by atoms with E-state index in [0.29, 0.717) is 16.2 Å². The number of alkyl halides is 3. The minimum atomic E-state index is -5.22. The van der Waals surface area contributed by atoms with Crippen molar-refractivity contribution in [2.45, 2.75) is 31.0 Å². The fraction of sp³-hybridized carbons (Fsp3) is 0.200. The first-order valence-electron chi connectivity index (χ1n) is 11.0. The van der Waals surface area contributed by atoms with Crippen LogP contribution >= 0.6 is 0 Å². The zero-order chi connectivity index (χ0) is 25.6. The molecule has 0 bridgehead atoms. The summed E-state index contributed by atoms with van der Waals surface area (Å²) in [5.74, 6) is -3.09. The van der Waals surface area contributed by atoms with Crippen molar-refractivity contribution >= 4 is 28.8 Å². The Morgan fingerprint density at radius 1 is 1.08 bits per heavy atom. The molecule has 8 nitrogen and oxygen atoms in total. The predicted octanol–water partition coefficient (Wildman–Crippen LogP) is 5.65. The third kappa shape index (κ3) is 4.02. The highest BCUT2D eigenvalue weighted by molar-refractivity contribution is 6.07. The van der Waals surface area contributed by atoms with Gasteiger partial charge in [-0.25, -0.2) is 0 Å². The number of carbonyl (C=O) groups excluding carboxylic acids is 2. The summed E-state index contributed by atoms with van der Waals surface area (Å²) in [5.41, 5.74) is 0.893. The smallest absolute Gasteiger partial charge is 0.467 e. The second-order valence-electron chi connectivity index (χ2n) is 8.51. The molecule has 2 aliphatic rings. The Kier molecular flexibility index (Phi) is 5.62. The van der Waals surface area contributed by atoms with Gasteiger partial charge in [-0.1, -0.05) is 24.3 Å². The SMILES string of the molecule is O=C1CC(c2cccc([N+](=O)[O-])c2)CC2=C1C(c1ccco1)N(C(=O)C(F)(F)F)c1ccccc1N2. The Hall–Kier alpha value is -4.41. The Morgan fingerprint density at radius 2 is 1.86 bits per heavy atom. The topological polar surface area (TPSA) is 106 Å². The highest BCUT2D eigenvalue weighted by atomic mass is 19.4. The lowest BCUT2D eigenvalue weighted by molar-refractivity contribution is -0.384. The van der Waals surface area contributed by atoms with Gasteiger partial charge in [-0.05, 0) is 42.2 Å². The second kappa shape index (κ2) is 8.67. The summed E-state index contributed by atoms with van der Waals surface area (Å²) in [7, 11) is 0. The van der Waals surface area contributed by atoms with Crippen LogP contribution in [0.15, 0.2) is 82.6 Å². The number of non-ortho nitro benzene ring substituents is 1. The van der Waals surface area contributed by atoms with E-state index in [1.807, 2.05) is 0 Å². The molecule has 0 radical (unpaired) electrons. The van der Waals surface area contributed by atoms with Crippen LogP contribution in [0.1, 0.15) is 36.1 Å². The van der Waals surface area contributed by atoms with E-state index in [0.717, 1.165) is 0 Å². The number of halogens is 3. The number of nitrogens with zero attached hydrogens (tertiary/aromatic N) is 2. The van der Waals surface area contributed by atoms with Crippen molar-refractivity contribution in [3.05, 3.63) is 99.6 Å². The first kappa shape index (κ1) is 23.3. The van der Waals surface area contributed by atoms with Gasteiger partial charge in [0.15, 0.2) is 5.78 Å². The molecule has 2 aromatic carbocycles. The number of Topliss-reactive ketones (excluding diaryl/α,β-unsaturated/α-hetero) is 1. The molecule has 1 aliphatic heterocycles. The van der Waals surface area contributed by atoms with E-state index in [-0.39, 0.29) is 41.2 Å². The number of fused-ring (bicyclic) bond motifs is 1. The Labute approximate surface area is 202 Å². The normalized spacial score (nSPS) is 19.8. The van der Waals surface area contributed by atoms with E-state index < -0.39 is 34.7 Å². The van der Waals surface area contributed by atoms with Crippen molar-refractivity contribution in [3.8, 4) is 0 Å². The molecule has 1 aromatic heterocycles. The van der Waals surface area contributed by atoms with E-state index in [1.54, 1.807) is 12.1 Å². The summed E-state index contributed by atoms with van der Waals surface area (Å²) in [5, 5.41) is 14.3. The van der Waals surface area contributed by atoms with Crippen molar-refractivity contribution in [3.63, 3.8) is 0 Å². The number of allylic oxidation sites excluding steroid dienone is 1. The third-order valence-electron chi connectivity index (χ3n) is 6.32. The molecular weight excluding hydrogens is 479 g/mol. The lowest BCUT2D eigenvalue weighted by Crippen LogP contribution is -2.45. The maximum Gasteiger partial charge on any atom is 0.471 e. The summed E-state index contributed by atoms with van der Waals surface area (Å²) < 4.78 is 46.8. The number of carbonyl (C=O) groups is 2. The number of hydrogen-bond acceptors (Lipinski definition) is 6. The number of nitro benzene ring substituents is 1. The van der Waals surface area contributed by atoms with Crippen LogP contribution in [0.25, 0.3) is 0 Å². The van der Waals surface area contributed by atoms with E-state index in [2.05, 4.69) is 5.32 Å². The molecule has 11 heteroatoms. The molecule has 1 aliphatic carbocycles. The average molecular weight is 497 g/mol. The van der Waals surface area contributed by atoms with Crippen LogP contribution in [-0.4, -0.2) is 22.8 Å². The fourth-order valence-electron chi connectivity index (χ4n) is 4.79. The molecule has 2 unspecified atom stereocenters. The van der Waals surface area contributed by atoms with Crippen LogP contribution in [0.3, 0.4) is 0 Å². The Balaban J connectivity index is 1.68. The van der Waals surface area contributed by atoms with Crippen LogP contribution in [0.5, 0.6) is 0 Å². The van der Waals surface area contributed by atoms with Crippen LogP contribution in [0, 0.1) is 10.1 Å². The van der Waals surface area contributed by atoms with E-state index in [1.165, 1.54) is 54.8 Å². The van der Waals surface area contributed by atoms with Gasteiger partial charge in [0.05, 0.1) is 22.6 Å². The molecule has 2 heterocycles. The number of benzene rings is 2. The van der Waals surface area contributed by atoms with Crippen molar-refractivity contribution in [1.29, 1.82) is 0 Å². The molecule has 0 spiro atoms. The van der Waals surface area contributed by atoms with Gasteiger partial charge >= 0.3 is 12.1 Å². The summed E-state index contributed by atoms with van der Waals surface area (Å²) in [4.78, 5) is 37.6. The van der Waals surface area contributed by atoms with Crippen LogP contribution in [0.4, 0.5) is 30.2 Å². The minimum Gasteiger partial charge on any atom is -0.467 e. The standard InChI is InChI=1S/C25H18F3N3O5/c26-25(27,28)24(33)30-19-8-2-1-7-17(19)29-18-12-15(14-5-3-6-16(11-14)31(34)35)13-20(32)22(18)23(30)21-9-4-10-36-21/h1-11,15,23,29H,12-13H2. The molecular formula is C25H18F3N3O5. The molecule has 1 amide bonds. The number of ketones is 1. The van der Waals surface area contributed by atoms with E-state index in [9.17, 15) is 32.9 Å². The maximum absolute atomic E-state index is 13.8. The largest absolute Gasteiger partial charge is 0.471 e. The molecule has 0 saturated heterocycles. The van der Waals surface area contributed by atoms with Gasteiger partial charge in [-0.2, -0.15) is 13.2 Å². The minimum absolute atomic E-state index is 0.000696. The molecule has 1 N–H and O–H groups in total. The summed E-state index contributed by atoms with van der Waals surface area (Å²) >= 11 is 0. The van der Waals surface area contributed by atoms with Gasteiger partial charge in [-0.15, -0.1) is 0 Å². The highest BCUT2D eigenvalue weighted by Crippen LogP contribution is 2.48. The number of furan rings is 1. The highest BCUT2D eigenvalue weighted by Gasteiger charge is 2.50. The Bertz CT molecular complexity index is 1400. The number of anilines is 2. The summed E-state index contributed by atoms with van der Waals surface area (Å²) in [6.07, 6.45) is -3.88. The van der Waals surface area contributed by atoms with E-state index in [4.69, 9.17) is 4.42 Å². The quantitative estimate of drug-likeness (QED) is 0.370. The zero-order valence-corrected chi connectivity index (χ0v) is 18.5. The average Bonchev–Trinajstić information content (AvgIpc) is 3.32. The maximum atomic E-state index is 13.8. The van der Waals surface area contributed by atoms with Crippen LogP contribution in [0.2, 0.25) is 0 Å². The summed E-state index contributed by atoms with van der Waals surface area (Å²) in [6, 6.07) is 13.3. The number of para-hydroxylation sites is 2. The zero-order valence-electron chi connectivity index (χ0n) is 18.5. The molecule has 3 aromatic rings. The first-order valence-corrected chi connectivity index (χ1v) is 11.0. The number of nitrogens with one attached hydrogen (secondary N) is 1. The molecule has 36 heavy (non-hydrogen) atoms. The van der Waals surface area contributed by atoms with Gasteiger partial charge in [0.1, 0.15) is 11.8 Å². The monoisotopic (exact) mass is 497 g/mol. The molecule has 184 valence electrons. The van der Waals surface area contributed by atoms with E-state index >= 15 is 0 Å². The number of amides is 1. The first-order chi connectivity index (χ1) is 17.1. The number of rotatable bonds is 3. The molecule has 0 fully saturated rings. The third-order valence-corrected chi connectivity index (χ3v) is 6.32. The van der Waals surface area contributed by atoms with Gasteiger partial charge < -0.3 is 9.73 Å². The fourth-order valence-corrected chi connectivity index (χ4v) is 4.79. The molecule has 2 atom stereocenters. The lowest BCUT2D eigenvalue weighted by atomic mass is 9.79. The summed E-state index contributed by atoms with van der Waals surface area (Å²) in [6.45, 7) is 0. The molecule has 0 saturated carbocycles. The van der Waals surface area contributed by atoms with Gasteiger partial charge in [0.25, 0.3) is 5.69 Å². The van der Waals surface area contributed by atoms with Crippen molar-refractivity contribution in [2.75, 3.05) is 10.2 Å². The Morgan fingerprint density at radius 3 is 2.56 bits per heavy atom. The second-order valence-corrected chi connectivity index (χ2v) is 8.51. The van der Waals surface area contributed by atoms with Gasteiger partial charge in [0.2, 0.25) is 0 Å². The number of hydrogen-bond donors (Lipinski definition) is 1. The van der Waals surface area contributed by atoms with Gasteiger partial charge in [0, 0.05) is 29.8 Å². The predicted molar refractivity (Wildman–Crippen MR) is 122 cm³/mol. The lowest BCUT2D eigenvalue weighted by Gasteiger charge is -2.33. The van der Waals surface area contributed by atoms with Crippen molar-refractivity contribution in [1.82, 2.24) is 0 Å². The molecule has 5 rings (SSSR count). The van der Waals surface area contributed by atoms with Crippen LogP contribution in [-0.2, 0) is 9.59 Å².